The summed E-state index contributed by atoms with van der Waals surface area (Å²) >= 11 is 0. The van der Waals surface area contributed by atoms with Crippen LogP contribution >= 0.6 is 12.4 Å². The van der Waals surface area contributed by atoms with Crippen LogP contribution in [-0.4, -0.2) is 27.4 Å². The molecule has 1 rings (SSSR count). The molecule has 0 radical (unpaired) electrons. The Balaban J connectivity index is 0.00000196. The van der Waals surface area contributed by atoms with Gasteiger partial charge in [0.2, 0.25) is 0 Å². The Morgan fingerprint density at radius 1 is 1.53 bits per heavy atom. The van der Waals surface area contributed by atoms with Crippen molar-refractivity contribution < 1.29 is 20.1 Å². The molecule has 0 aliphatic heterocycles. The zero-order valence-corrected chi connectivity index (χ0v) is 9.28. The first-order valence-corrected chi connectivity index (χ1v) is 4.10. The van der Waals surface area contributed by atoms with Gasteiger partial charge >= 0.3 is 0 Å². The zero-order chi connectivity index (χ0) is 10.7. The fraction of sp³-hybridized carbons (Fsp3) is 0.444. The average Bonchev–Trinajstić information content (AvgIpc) is 2.20. The van der Waals surface area contributed by atoms with Crippen LogP contribution in [-0.2, 0) is 11.3 Å². The van der Waals surface area contributed by atoms with Crippen LogP contribution in [0.15, 0.2) is 6.20 Å². The van der Waals surface area contributed by atoms with Crippen molar-refractivity contribution in [1.82, 2.24) is 4.98 Å². The predicted molar refractivity (Wildman–Crippen MR) is 55.8 cm³/mol. The highest BCUT2D eigenvalue weighted by molar-refractivity contribution is 5.85. The second kappa shape index (κ2) is 5.87. The third-order valence-corrected chi connectivity index (χ3v) is 2.00. The van der Waals surface area contributed by atoms with Crippen LogP contribution in [0.2, 0.25) is 0 Å². The van der Waals surface area contributed by atoms with Crippen molar-refractivity contribution >= 4 is 12.4 Å². The molecule has 0 fully saturated rings. The maximum absolute atomic E-state index is 9.60. The van der Waals surface area contributed by atoms with Gasteiger partial charge in [-0.25, -0.2) is 0 Å². The summed E-state index contributed by atoms with van der Waals surface area (Å²) in [4.78, 5) is 3.85. The summed E-state index contributed by atoms with van der Waals surface area (Å²) in [6, 6.07) is 0. The molecular weight excluding hydrogens is 222 g/mol. The number of aliphatic hydroxyl groups excluding tert-OH is 2. The Kier molecular flexibility index (Phi) is 5.53. The molecule has 0 amide bonds. The van der Waals surface area contributed by atoms with E-state index in [1.54, 1.807) is 6.92 Å². The molecule has 0 bridgehead atoms. The van der Waals surface area contributed by atoms with E-state index in [2.05, 4.69) is 9.72 Å². The number of nitrogens with zero attached hydrogens (tertiary/aromatic N) is 1. The van der Waals surface area contributed by atoms with E-state index in [-0.39, 0.29) is 30.3 Å². The number of pyridine rings is 1. The van der Waals surface area contributed by atoms with Gasteiger partial charge in [0.05, 0.1) is 17.9 Å². The molecule has 86 valence electrons. The molecule has 1 aromatic heterocycles. The topological polar surface area (TPSA) is 82.8 Å². The number of aliphatic hydroxyl groups is 2. The molecular formula is C9H14ClNO4. The molecule has 0 saturated carbocycles. The van der Waals surface area contributed by atoms with Gasteiger partial charge in [0.15, 0.2) is 6.29 Å². The van der Waals surface area contributed by atoms with Gasteiger partial charge in [-0.15, -0.1) is 12.4 Å². The summed E-state index contributed by atoms with van der Waals surface area (Å²) in [5, 5.41) is 28.0. The number of hydrogen-bond acceptors (Lipinski definition) is 5. The van der Waals surface area contributed by atoms with Crippen molar-refractivity contribution in [2.75, 3.05) is 7.11 Å². The second-order valence-electron chi connectivity index (χ2n) is 2.88. The van der Waals surface area contributed by atoms with E-state index < -0.39 is 6.29 Å². The van der Waals surface area contributed by atoms with Crippen LogP contribution in [0.3, 0.4) is 0 Å². The quantitative estimate of drug-likeness (QED) is 0.670. The minimum absolute atomic E-state index is 0. The van der Waals surface area contributed by atoms with Gasteiger partial charge in [-0.2, -0.15) is 0 Å². The highest BCUT2D eigenvalue weighted by Crippen LogP contribution is 2.29. The van der Waals surface area contributed by atoms with Gasteiger partial charge in [-0.05, 0) is 6.92 Å². The Hall–Kier alpha value is -0.880. The lowest BCUT2D eigenvalue weighted by molar-refractivity contribution is -0.0792. The fourth-order valence-electron chi connectivity index (χ4n) is 1.17. The van der Waals surface area contributed by atoms with Gasteiger partial charge in [-0.3, -0.25) is 4.98 Å². The number of aromatic nitrogens is 1. The third kappa shape index (κ3) is 2.79. The standard InChI is InChI=1S/C9H13NO4.ClH/c1-5-8(12)7(9(13)14-2)6(4-11)3-10-5;/h3,9,11-13H,4H2,1-2H3;1H. The van der Waals surface area contributed by atoms with Gasteiger partial charge in [0.1, 0.15) is 5.75 Å². The molecule has 3 N–H and O–H groups in total. The van der Waals surface area contributed by atoms with Crippen LogP contribution in [0.1, 0.15) is 23.1 Å². The normalized spacial score (nSPS) is 12.0. The van der Waals surface area contributed by atoms with Crippen LogP contribution in [0.5, 0.6) is 5.75 Å². The Bertz CT molecular complexity index is 332. The molecule has 1 unspecified atom stereocenters. The minimum Gasteiger partial charge on any atom is -0.506 e. The van der Waals surface area contributed by atoms with Gasteiger partial charge in [0, 0.05) is 18.9 Å². The number of rotatable bonds is 3. The third-order valence-electron chi connectivity index (χ3n) is 2.00. The number of aromatic hydroxyl groups is 1. The fourth-order valence-corrected chi connectivity index (χ4v) is 1.17. The molecule has 0 aliphatic carbocycles. The molecule has 6 heteroatoms. The van der Waals surface area contributed by atoms with Crippen LogP contribution in [0, 0.1) is 6.92 Å². The maximum Gasteiger partial charge on any atom is 0.184 e. The predicted octanol–water partition coefficient (Wildman–Crippen LogP) is 0.647. The van der Waals surface area contributed by atoms with E-state index in [9.17, 15) is 10.2 Å². The molecule has 5 nitrogen and oxygen atoms in total. The highest BCUT2D eigenvalue weighted by atomic mass is 35.5. The van der Waals surface area contributed by atoms with E-state index in [1.165, 1.54) is 13.3 Å². The van der Waals surface area contributed by atoms with Gasteiger partial charge < -0.3 is 20.1 Å². The number of hydrogen-bond donors (Lipinski definition) is 3. The van der Waals surface area contributed by atoms with Crippen LogP contribution in [0.4, 0.5) is 0 Å². The molecule has 15 heavy (non-hydrogen) atoms. The van der Waals surface area contributed by atoms with E-state index in [1.807, 2.05) is 0 Å². The summed E-state index contributed by atoms with van der Waals surface area (Å²) in [7, 11) is 1.31. The molecule has 0 saturated heterocycles. The zero-order valence-electron chi connectivity index (χ0n) is 8.47. The van der Waals surface area contributed by atoms with E-state index in [0.717, 1.165) is 0 Å². The Morgan fingerprint density at radius 2 is 2.13 bits per heavy atom. The van der Waals surface area contributed by atoms with Gasteiger partial charge in [0.25, 0.3) is 0 Å². The Labute approximate surface area is 93.8 Å². The smallest absolute Gasteiger partial charge is 0.184 e. The summed E-state index contributed by atoms with van der Waals surface area (Å²) < 4.78 is 4.67. The van der Waals surface area contributed by atoms with Crippen molar-refractivity contribution in [2.45, 2.75) is 19.8 Å². The molecule has 0 aliphatic rings. The first kappa shape index (κ1) is 14.1. The lowest BCUT2D eigenvalue weighted by Gasteiger charge is -2.15. The monoisotopic (exact) mass is 235 g/mol. The SMILES string of the molecule is COC(O)c1c(CO)cnc(C)c1O.Cl. The summed E-state index contributed by atoms with van der Waals surface area (Å²) in [5.74, 6) is -0.147. The number of ether oxygens (including phenoxy) is 1. The van der Waals surface area contributed by atoms with Crippen molar-refractivity contribution in [3.05, 3.63) is 23.0 Å². The number of methoxy groups -OCH3 is 1. The van der Waals surface area contributed by atoms with Gasteiger partial charge in [-0.1, -0.05) is 0 Å². The molecule has 0 aromatic carbocycles. The van der Waals surface area contributed by atoms with E-state index in [0.29, 0.717) is 11.3 Å². The van der Waals surface area contributed by atoms with E-state index in [4.69, 9.17) is 5.11 Å². The van der Waals surface area contributed by atoms with E-state index >= 15 is 0 Å². The molecule has 0 spiro atoms. The first-order chi connectivity index (χ1) is 6.61. The molecule has 1 aromatic rings. The van der Waals surface area contributed by atoms with Crippen molar-refractivity contribution in [1.29, 1.82) is 0 Å². The lowest BCUT2D eigenvalue weighted by Crippen LogP contribution is -2.06. The minimum atomic E-state index is -1.25. The molecule has 1 heterocycles. The summed E-state index contributed by atoms with van der Waals surface area (Å²) in [5.41, 5.74) is 0.901. The largest absolute Gasteiger partial charge is 0.506 e. The first-order valence-electron chi connectivity index (χ1n) is 4.10. The lowest BCUT2D eigenvalue weighted by atomic mass is 10.1. The second-order valence-corrected chi connectivity index (χ2v) is 2.88. The van der Waals surface area contributed by atoms with Crippen LogP contribution < -0.4 is 0 Å². The van der Waals surface area contributed by atoms with Crippen LogP contribution in [0.25, 0.3) is 0 Å². The molecule has 1 atom stereocenters. The highest BCUT2D eigenvalue weighted by Gasteiger charge is 2.18. The Morgan fingerprint density at radius 3 is 2.60 bits per heavy atom. The number of aryl methyl sites for hydroxylation is 1. The van der Waals surface area contributed by atoms with Crippen molar-refractivity contribution in [3.8, 4) is 5.75 Å². The number of halogens is 1. The maximum atomic E-state index is 9.60. The van der Waals surface area contributed by atoms with Crippen molar-refractivity contribution in [2.24, 2.45) is 0 Å². The summed E-state index contributed by atoms with van der Waals surface area (Å²) in [6.07, 6.45) is 0.144. The van der Waals surface area contributed by atoms with Crippen molar-refractivity contribution in [3.63, 3.8) is 0 Å². The average molecular weight is 236 g/mol. The summed E-state index contributed by atoms with van der Waals surface area (Å²) in [6.45, 7) is 1.29.